The first-order chi connectivity index (χ1) is 16.8. The molecule has 0 unspecified atom stereocenters. The molecule has 2 aliphatic heterocycles. The Hall–Kier alpha value is -3.74. The topological polar surface area (TPSA) is 84.0 Å². The molecule has 1 aliphatic carbocycles. The van der Waals surface area contributed by atoms with E-state index in [2.05, 4.69) is 0 Å². The van der Waals surface area contributed by atoms with E-state index in [0.29, 0.717) is 18.5 Å². The predicted octanol–water partition coefficient (Wildman–Crippen LogP) is 4.05. The molecule has 0 N–H and O–H groups in total. The fraction of sp³-hybridized carbons (Fsp3) is 0.357. The molecule has 2 fully saturated rings. The van der Waals surface area contributed by atoms with Gasteiger partial charge in [0.15, 0.2) is 0 Å². The maximum Gasteiger partial charge on any atom is 0.316 e. The Balaban J connectivity index is 1.27. The highest BCUT2D eigenvalue weighted by molar-refractivity contribution is 6.22. The fourth-order valence-electron chi connectivity index (χ4n) is 5.35. The normalized spacial score (nSPS) is 24.9. The third kappa shape index (κ3) is 4.27. The first kappa shape index (κ1) is 23.0. The maximum atomic E-state index is 13.0. The minimum absolute atomic E-state index is 0.0863. The minimum Gasteiger partial charge on any atom is -0.426 e. The number of esters is 1. The van der Waals surface area contributed by atoms with Gasteiger partial charge in [-0.15, -0.1) is 0 Å². The number of carbonyl (C=O) groups is 4. The zero-order valence-corrected chi connectivity index (χ0v) is 19.8. The number of allylic oxidation sites excluding steroid dienone is 2. The SMILES string of the molecule is CC1=CC[C@@H]2C(=O)N(c3cccc(OC(=O)[C@@H]4CC(=O)N([C@@H](C)c5ccccc5)C4)c3)C(=O)[C@H]2C1. The predicted molar refractivity (Wildman–Crippen MR) is 129 cm³/mol. The van der Waals surface area contributed by atoms with E-state index in [-0.39, 0.29) is 54.3 Å². The molecule has 2 heterocycles. The van der Waals surface area contributed by atoms with Gasteiger partial charge in [0.2, 0.25) is 17.7 Å². The van der Waals surface area contributed by atoms with Crippen molar-refractivity contribution in [3.05, 3.63) is 71.8 Å². The van der Waals surface area contributed by atoms with Crippen LogP contribution in [0.4, 0.5) is 5.69 Å². The molecule has 7 heteroatoms. The van der Waals surface area contributed by atoms with Crippen LogP contribution in [0.1, 0.15) is 44.7 Å². The summed E-state index contributed by atoms with van der Waals surface area (Å²) < 4.78 is 5.61. The van der Waals surface area contributed by atoms with Crippen LogP contribution in [0.5, 0.6) is 5.75 Å². The van der Waals surface area contributed by atoms with Crippen molar-refractivity contribution in [2.75, 3.05) is 11.4 Å². The van der Waals surface area contributed by atoms with Crippen LogP contribution in [0.25, 0.3) is 0 Å². The van der Waals surface area contributed by atoms with Gasteiger partial charge in [0.25, 0.3) is 0 Å². The molecule has 0 aromatic heterocycles. The van der Waals surface area contributed by atoms with E-state index >= 15 is 0 Å². The van der Waals surface area contributed by atoms with E-state index in [4.69, 9.17) is 4.74 Å². The van der Waals surface area contributed by atoms with Gasteiger partial charge in [0.05, 0.1) is 29.5 Å². The molecule has 180 valence electrons. The Bertz CT molecular complexity index is 1220. The van der Waals surface area contributed by atoms with Gasteiger partial charge in [-0.25, -0.2) is 4.90 Å². The summed E-state index contributed by atoms with van der Waals surface area (Å²) in [6, 6.07) is 16.1. The summed E-state index contributed by atoms with van der Waals surface area (Å²) in [5.41, 5.74) is 2.53. The van der Waals surface area contributed by atoms with Crippen molar-refractivity contribution >= 4 is 29.4 Å². The summed E-state index contributed by atoms with van der Waals surface area (Å²) in [4.78, 5) is 54.5. The highest BCUT2D eigenvalue weighted by Gasteiger charge is 2.48. The molecule has 4 atom stereocenters. The highest BCUT2D eigenvalue weighted by atomic mass is 16.5. The maximum absolute atomic E-state index is 13.0. The number of hydrogen-bond donors (Lipinski definition) is 0. The molecule has 7 nitrogen and oxygen atoms in total. The van der Waals surface area contributed by atoms with E-state index in [1.165, 1.54) is 4.90 Å². The number of amides is 3. The number of imide groups is 1. The number of rotatable bonds is 5. The Morgan fingerprint density at radius 2 is 1.71 bits per heavy atom. The van der Waals surface area contributed by atoms with Crippen molar-refractivity contribution < 1.29 is 23.9 Å². The second kappa shape index (κ2) is 9.13. The Labute approximate surface area is 204 Å². The number of benzene rings is 2. The molecule has 0 bridgehead atoms. The Kier molecular flexibility index (Phi) is 6.01. The lowest BCUT2D eigenvalue weighted by Crippen LogP contribution is -2.31. The van der Waals surface area contributed by atoms with E-state index in [1.807, 2.05) is 50.3 Å². The van der Waals surface area contributed by atoms with Gasteiger partial charge >= 0.3 is 5.97 Å². The quantitative estimate of drug-likeness (QED) is 0.284. The summed E-state index contributed by atoms with van der Waals surface area (Å²) >= 11 is 0. The highest BCUT2D eigenvalue weighted by Crippen LogP contribution is 2.40. The molecule has 5 rings (SSSR count). The Morgan fingerprint density at radius 1 is 0.971 bits per heavy atom. The van der Waals surface area contributed by atoms with Gasteiger partial charge in [-0.05, 0) is 44.4 Å². The van der Waals surface area contributed by atoms with Crippen LogP contribution in [0.3, 0.4) is 0 Å². The monoisotopic (exact) mass is 472 g/mol. The number of hydrogen-bond acceptors (Lipinski definition) is 5. The standard InChI is InChI=1S/C28H28N2O5/c1-17-11-12-23-24(13-17)27(33)30(26(23)32)21-9-6-10-22(15-21)35-28(34)20-14-25(31)29(16-20)18(2)19-7-4-3-5-8-19/h3-11,15,18,20,23-24H,12-14,16H2,1-2H3/t18-,20+,23-,24-/m0/s1. The largest absolute Gasteiger partial charge is 0.426 e. The molecule has 3 aliphatic rings. The van der Waals surface area contributed by atoms with Gasteiger partial charge in [-0.2, -0.15) is 0 Å². The molecule has 35 heavy (non-hydrogen) atoms. The van der Waals surface area contributed by atoms with Crippen molar-refractivity contribution in [3.63, 3.8) is 0 Å². The minimum atomic E-state index is -0.579. The lowest BCUT2D eigenvalue weighted by atomic mass is 9.82. The number of likely N-dealkylation sites (tertiary alicyclic amines) is 1. The molecule has 0 radical (unpaired) electrons. The lowest BCUT2D eigenvalue weighted by Gasteiger charge is -2.25. The Morgan fingerprint density at radius 3 is 2.49 bits per heavy atom. The zero-order valence-electron chi connectivity index (χ0n) is 19.8. The van der Waals surface area contributed by atoms with Crippen LogP contribution in [0.2, 0.25) is 0 Å². The first-order valence-corrected chi connectivity index (χ1v) is 12.0. The van der Waals surface area contributed by atoms with Crippen LogP contribution in [-0.2, 0) is 19.2 Å². The molecular weight excluding hydrogens is 444 g/mol. The molecule has 0 saturated carbocycles. The third-order valence-electron chi connectivity index (χ3n) is 7.36. The number of nitrogens with zero attached hydrogens (tertiary/aromatic N) is 2. The van der Waals surface area contributed by atoms with Gasteiger partial charge in [0.1, 0.15) is 5.75 Å². The zero-order chi connectivity index (χ0) is 24.7. The molecular formula is C28H28N2O5. The van der Waals surface area contributed by atoms with Gasteiger partial charge in [-0.1, -0.05) is 48.0 Å². The average Bonchev–Trinajstić information content (AvgIpc) is 3.36. The molecule has 3 amide bonds. The first-order valence-electron chi connectivity index (χ1n) is 12.0. The van der Waals surface area contributed by atoms with Crippen molar-refractivity contribution in [2.45, 2.75) is 39.2 Å². The summed E-state index contributed by atoms with van der Waals surface area (Å²) in [6.07, 6.45) is 3.28. The summed E-state index contributed by atoms with van der Waals surface area (Å²) in [6.45, 7) is 4.21. The van der Waals surface area contributed by atoms with Crippen molar-refractivity contribution in [1.82, 2.24) is 4.90 Å². The lowest BCUT2D eigenvalue weighted by molar-refractivity contribution is -0.139. The van der Waals surface area contributed by atoms with E-state index < -0.39 is 11.9 Å². The summed E-state index contributed by atoms with van der Waals surface area (Å²) in [7, 11) is 0. The van der Waals surface area contributed by atoms with E-state index in [0.717, 1.165) is 11.1 Å². The fourth-order valence-corrected chi connectivity index (χ4v) is 5.35. The molecule has 2 aromatic carbocycles. The number of anilines is 1. The molecule has 0 spiro atoms. The van der Waals surface area contributed by atoms with Gasteiger partial charge in [0, 0.05) is 19.0 Å². The van der Waals surface area contributed by atoms with Crippen molar-refractivity contribution in [3.8, 4) is 5.75 Å². The number of fused-ring (bicyclic) bond motifs is 1. The van der Waals surface area contributed by atoms with Crippen LogP contribution in [0.15, 0.2) is 66.2 Å². The van der Waals surface area contributed by atoms with Gasteiger partial charge in [-0.3, -0.25) is 19.2 Å². The van der Waals surface area contributed by atoms with Crippen LogP contribution >= 0.6 is 0 Å². The van der Waals surface area contributed by atoms with Crippen LogP contribution in [-0.4, -0.2) is 35.1 Å². The van der Waals surface area contributed by atoms with Gasteiger partial charge < -0.3 is 9.64 Å². The van der Waals surface area contributed by atoms with Crippen LogP contribution in [0, 0.1) is 17.8 Å². The number of carbonyl (C=O) groups excluding carboxylic acids is 4. The van der Waals surface area contributed by atoms with Crippen LogP contribution < -0.4 is 9.64 Å². The molecule has 2 aromatic rings. The summed E-state index contributed by atoms with van der Waals surface area (Å²) in [5.74, 6) is -1.99. The number of ether oxygens (including phenoxy) is 1. The van der Waals surface area contributed by atoms with E-state index in [9.17, 15) is 19.2 Å². The second-order valence-corrected chi connectivity index (χ2v) is 9.67. The van der Waals surface area contributed by atoms with Crippen molar-refractivity contribution in [1.29, 1.82) is 0 Å². The van der Waals surface area contributed by atoms with E-state index in [1.54, 1.807) is 29.2 Å². The molecule has 2 saturated heterocycles. The average molecular weight is 473 g/mol. The van der Waals surface area contributed by atoms with Crippen molar-refractivity contribution in [2.24, 2.45) is 17.8 Å². The smallest absolute Gasteiger partial charge is 0.316 e. The third-order valence-corrected chi connectivity index (χ3v) is 7.36. The second-order valence-electron chi connectivity index (χ2n) is 9.67. The summed E-state index contributed by atoms with van der Waals surface area (Å²) in [5, 5.41) is 0.